The highest BCUT2D eigenvalue weighted by molar-refractivity contribution is 7.10. The maximum atomic E-state index is 13.8. The molecule has 4 rings (SSSR count). The van der Waals surface area contributed by atoms with E-state index < -0.39 is 6.04 Å². The SMILES string of the molecule is CC[C@@H](C)c1ccc(N(C(=O)Cc2cccs2)[C@@H](C(=O)NC2CCCC2)c2ccncc2)cc1. The van der Waals surface area contributed by atoms with Gasteiger partial charge in [-0.05, 0) is 72.0 Å². The smallest absolute Gasteiger partial charge is 0.248 e. The van der Waals surface area contributed by atoms with Gasteiger partial charge in [0.2, 0.25) is 11.8 Å². The van der Waals surface area contributed by atoms with E-state index in [1.54, 1.807) is 28.6 Å². The number of benzene rings is 1. The van der Waals surface area contributed by atoms with Crippen molar-refractivity contribution in [1.29, 1.82) is 0 Å². The molecule has 0 bridgehead atoms. The van der Waals surface area contributed by atoms with Crippen molar-refractivity contribution in [1.82, 2.24) is 10.3 Å². The summed E-state index contributed by atoms with van der Waals surface area (Å²) in [6, 6.07) is 15.1. The number of hydrogen-bond acceptors (Lipinski definition) is 4. The molecule has 1 fully saturated rings. The Balaban J connectivity index is 1.73. The van der Waals surface area contributed by atoms with E-state index in [1.807, 2.05) is 41.8 Å². The number of aromatic nitrogens is 1. The highest BCUT2D eigenvalue weighted by atomic mass is 32.1. The molecule has 178 valence electrons. The highest BCUT2D eigenvalue weighted by Gasteiger charge is 2.34. The summed E-state index contributed by atoms with van der Waals surface area (Å²) >= 11 is 1.56. The van der Waals surface area contributed by atoms with Crippen molar-refractivity contribution in [3.8, 4) is 0 Å². The second kappa shape index (κ2) is 11.4. The number of carbonyl (C=O) groups is 2. The van der Waals surface area contributed by atoms with Gasteiger partial charge in [-0.1, -0.05) is 44.9 Å². The van der Waals surface area contributed by atoms with Crippen LogP contribution < -0.4 is 10.2 Å². The Hall–Kier alpha value is -2.99. The second-order valence-electron chi connectivity index (χ2n) is 9.09. The van der Waals surface area contributed by atoms with Crippen molar-refractivity contribution in [3.05, 3.63) is 82.3 Å². The van der Waals surface area contributed by atoms with Gasteiger partial charge in [-0.2, -0.15) is 0 Å². The summed E-state index contributed by atoms with van der Waals surface area (Å²) in [5.74, 6) is 0.205. The first kappa shape index (κ1) is 24.1. The number of hydrogen-bond donors (Lipinski definition) is 1. The third kappa shape index (κ3) is 5.73. The van der Waals surface area contributed by atoms with Crippen LogP contribution in [-0.4, -0.2) is 22.8 Å². The summed E-state index contributed by atoms with van der Waals surface area (Å²) in [6.07, 6.45) is 8.89. The average molecular weight is 476 g/mol. The predicted molar refractivity (Wildman–Crippen MR) is 138 cm³/mol. The number of nitrogens with zero attached hydrogens (tertiary/aromatic N) is 2. The van der Waals surface area contributed by atoms with Gasteiger partial charge in [0.1, 0.15) is 6.04 Å². The molecule has 2 amide bonds. The fourth-order valence-corrected chi connectivity index (χ4v) is 5.29. The summed E-state index contributed by atoms with van der Waals surface area (Å²) in [5.41, 5.74) is 2.72. The van der Waals surface area contributed by atoms with E-state index in [-0.39, 0.29) is 24.3 Å². The molecule has 1 aliphatic carbocycles. The van der Waals surface area contributed by atoms with Gasteiger partial charge in [0.05, 0.1) is 6.42 Å². The van der Waals surface area contributed by atoms with Crippen molar-refractivity contribution in [3.63, 3.8) is 0 Å². The monoisotopic (exact) mass is 475 g/mol. The number of amides is 2. The molecule has 0 radical (unpaired) electrons. The van der Waals surface area contributed by atoms with Gasteiger partial charge >= 0.3 is 0 Å². The highest BCUT2D eigenvalue weighted by Crippen LogP contribution is 2.31. The Bertz CT molecular complexity index is 1060. The maximum absolute atomic E-state index is 13.8. The molecule has 5 nitrogen and oxygen atoms in total. The van der Waals surface area contributed by atoms with Crippen molar-refractivity contribution in [2.24, 2.45) is 0 Å². The standard InChI is InChI=1S/C28H33N3O2S/c1-3-20(2)21-10-12-24(13-11-21)31(26(32)19-25-9-6-18-34-25)27(22-14-16-29-17-15-22)28(33)30-23-7-4-5-8-23/h6,9-18,20,23,27H,3-5,7-8,19H2,1-2H3,(H,30,33)/t20-,27-/m1/s1. The van der Waals surface area contributed by atoms with Gasteiger partial charge in [0.15, 0.2) is 0 Å². The van der Waals surface area contributed by atoms with Crippen LogP contribution in [0, 0.1) is 0 Å². The normalized spacial score (nSPS) is 15.6. The minimum absolute atomic E-state index is 0.0953. The topological polar surface area (TPSA) is 62.3 Å². The second-order valence-corrected chi connectivity index (χ2v) is 10.1. The number of thiophene rings is 1. The van der Waals surface area contributed by atoms with Crippen molar-refractivity contribution in [2.75, 3.05) is 4.90 Å². The Morgan fingerprint density at radius 1 is 1.06 bits per heavy atom. The largest absolute Gasteiger partial charge is 0.351 e. The lowest BCUT2D eigenvalue weighted by molar-refractivity contribution is -0.127. The molecule has 3 aromatic rings. The average Bonchev–Trinajstić information content (AvgIpc) is 3.57. The molecule has 2 aromatic heterocycles. The molecule has 0 saturated heterocycles. The molecule has 6 heteroatoms. The first-order valence-corrected chi connectivity index (χ1v) is 13.1. The van der Waals surface area contributed by atoms with Crippen molar-refractivity contribution >= 4 is 28.8 Å². The molecule has 2 atom stereocenters. The first-order chi connectivity index (χ1) is 16.6. The Morgan fingerprint density at radius 3 is 2.38 bits per heavy atom. The molecule has 0 spiro atoms. The molecule has 1 N–H and O–H groups in total. The molecule has 2 heterocycles. The van der Waals surface area contributed by atoms with E-state index >= 15 is 0 Å². The third-order valence-electron chi connectivity index (χ3n) is 6.76. The zero-order chi connectivity index (χ0) is 23.9. The molecular formula is C28H33N3O2S. The number of rotatable bonds is 9. The predicted octanol–water partition coefficient (Wildman–Crippen LogP) is 6.03. The molecule has 0 aliphatic heterocycles. The van der Waals surface area contributed by atoms with E-state index in [0.29, 0.717) is 5.92 Å². The van der Waals surface area contributed by atoms with Gasteiger partial charge in [0.25, 0.3) is 0 Å². The molecule has 34 heavy (non-hydrogen) atoms. The van der Waals surface area contributed by atoms with Crippen LogP contribution in [0.4, 0.5) is 5.69 Å². The lowest BCUT2D eigenvalue weighted by Crippen LogP contribution is -2.46. The minimum Gasteiger partial charge on any atom is -0.351 e. The quantitative estimate of drug-likeness (QED) is 0.411. The lowest BCUT2D eigenvalue weighted by Gasteiger charge is -2.32. The Labute approximate surface area is 206 Å². The van der Waals surface area contributed by atoms with E-state index in [9.17, 15) is 9.59 Å². The van der Waals surface area contributed by atoms with E-state index in [1.165, 1.54) is 5.56 Å². The van der Waals surface area contributed by atoms with Crippen LogP contribution in [0.1, 0.15) is 73.9 Å². The van der Waals surface area contributed by atoms with Gasteiger partial charge in [-0.25, -0.2) is 0 Å². The van der Waals surface area contributed by atoms with Crippen molar-refractivity contribution < 1.29 is 9.59 Å². The van der Waals surface area contributed by atoms with Crippen LogP contribution in [0.15, 0.2) is 66.3 Å². The summed E-state index contributed by atoms with van der Waals surface area (Å²) in [6.45, 7) is 4.37. The van der Waals surface area contributed by atoms with Crippen LogP contribution in [-0.2, 0) is 16.0 Å². The van der Waals surface area contributed by atoms with Gasteiger partial charge in [-0.15, -0.1) is 11.3 Å². The summed E-state index contributed by atoms with van der Waals surface area (Å²) in [4.78, 5) is 34.3. The molecule has 1 aromatic carbocycles. The minimum atomic E-state index is -0.759. The third-order valence-corrected chi connectivity index (χ3v) is 7.63. The molecule has 0 unspecified atom stereocenters. The fourth-order valence-electron chi connectivity index (χ4n) is 4.60. The van der Waals surface area contributed by atoms with Gasteiger partial charge in [-0.3, -0.25) is 19.5 Å². The fraction of sp³-hybridized carbons (Fsp3) is 0.393. The summed E-state index contributed by atoms with van der Waals surface area (Å²) < 4.78 is 0. The van der Waals surface area contributed by atoms with Gasteiger partial charge in [0, 0.05) is 29.0 Å². The van der Waals surface area contributed by atoms with Crippen LogP contribution >= 0.6 is 11.3 Å². The number of pyridine rings is 1. The van der Waals surface area contributed by atoms with Crippen molar-refractivity contribution in [2.45, 2.75) is 70.4 Å². The van der Waals surface area contributed by atoms with E-state index in [4.69, 9.17) is 0 Å². The number of nitrogens with one attached hydrogen (secondary N) is 1. The Morgan fingerprint density at radius 2 is 1.76 bits per heavy atom. The van der Waals surface area contributed by atoms with Crippen LogP contribution in [0.25, 0.3) is 0 Å². The lowest BCUT2D eigenvalue weighted by atomic mass is 9.97. The van der Waals surface area contributed by atoms with E-state index in [0.717, 1.165) is 48.2 Å². The Kier molecular flexibility index (Phi) is 8.12. The molecular weight excluding hydrogens is 442 g/mol. The maximum Gasteiger partial charge on any atom is 0.248 e. The zero-order valence-electron chi connectivity index (χ0n) is 19.9. The molecule has 1 saturated carbocycles. The first-order valence-electron chi connectivity index (χ1n) is 12.2. The number of anilines is 1. The zero-order valence-corrected chi connectivity index (χ0v) is 20.8. The van der Waals surface area contributed by atoms with Crippen LogP contribution in [0.5, 0.6) is 0 Å². The van der Waals surface area contributed by atoms with E-state index in [2.05, 4.69) is 36.3 Å². The molecule has 1 aliphatic rings. The summed E-state index contributed by atoms with van der Waals surface area (Å²) in [5, 5.41) is 5.20. The van der Waals surface area contributed by atoms with Crippen LogP contribution in [0.2, 0.25) is 0 Å². The summed E-state index contributed by atoms with van der Waals surface area (Å²) in [7, 11) is 0. The van der Waals surface area contributed by atoms with Gasteiger partial charge < -0.3 is 5.32 Å². The van der Waals surface area contributed by atoms with Crippen LogP contribution in [0.3, 0.4) is 0 Å². The number of carbonyl (C=O) groups excluding carboxylic acids is 2.